The van der Waals surface area contributed by atoms with Crippen LogP contribution in [0.25, 0.3) is 10.8 Å². The van der Waals surface area contributed by atoms with E-state index in [2.05, 4.69) is 15.6 Å². The SMILES string of the molecule is C[C@H]1CN([C@@H](C)CO)C(=O)CCCn2nncc2CO[C@@H]1CN(C)C(=O)Nc1cccc2ccccc12. The number of likely N-dealkylation sites (N-methyl/N-ethyl adjacent to an activating group) is 1. The number of fused-ring (bicyclic) bond motifs is 2. The number of anilines is 1. The van der Waals surface area contributed by atoms with Gasteiger partial charge in [-0.1, -0.05) is 48.5 Å². The van der Waals surface area contributed by atoms with Crippen LogP contribution in [0.1, 0.15) is 32.4 Å². The van der Waals surface area contributed by atoms with Crippen molar-refractivity contribution in [1.29, 1.82) is 0 Å². The van der Waals surface area contributed by atoms with Crippen LogP contribution >= 0.6 is 0 Å². The molecule has 0 saturated carbocycles. The lowest BCUT2D eigenvalue weighted by atomic mass is 10.0. The van der Waals surface area contributed by atoms with Crippen LogP contribution in [0.3, 0.4) is 0 Å². The molecule has 2 heterocycles. The number of amides is 3. The molecule has 10 heteroatoms. The van der Waals surface area contributed by atoms with Crippen LogP contribution < -0.4 is 5.32 Å². The predicted octanol–water partition coefficient (Wildman–Crippen LogP) is 3.12. The zero-order valence-electron chi connectivity index (χ0n) is 21.7. The van der Waals surface area contributed by atoms with Gasteiger partial charge in [0.2, 0.25) is 5.91 Å². The summed E-state index contributed by atoms with van der Waals surface area (Å²) in [5.74, 6) is -0.119. The van der Waals surface area contributed by atoms with Crippen molar-refractivity contribution < 1.29 is 19.4 Å². The minimum absolute atomic E-state index is 0.0172. The average Bonchev–Trinajstić information content (AvgIpc) is 3.35. The van der Waals surface area contributed by atoms with Gasteiger partial charge in [0, 0.05) is 44.4 Å². The first-order chi connectivity index (χ1) is 17.9. The van der Waals surface area contributed by atoms with Gasteiger partial charge in [-0.2, -0.15) is 0 Å². The van der Waals surface area contributed by atoms with Crippen LogP contribution in [-0.2, 0) is 22.7 Å². The summed E-state index contributed by atoms with van der Waals surface area (Å²) in [6.45, 7) is 5.31. The monoisotopic (exact) mass is 508 g/mol. The molecule has 1 aromatic heterocycles. The summed E-state index contributed by atoms with van der Waals surface area (Å²) in [4.78, 5) is 29.5. The molecule has 2 aromatic carbocycles. The number of urea groups is 1. The lowest BCUT2D eigenvalue weighted by Crippen LogP contribution is -2.48. The number of aliphatic hydroxyl groups excluding tert-OH is 1. The minimum atomic E-state index is -0.368. The topological polar surface area (TPSA) is 113 Å². The molecule has 37 heavy (non-hydrogen) atoms. The molecule has 3 amide bonds. The Labute approximate surface area is 217 Å². The zero-order chi connectivity index (χ0) is 26.4. The Hall–Kier alpha value is -3.50. The molecule has 0 unspecified atom stereocenters. The van der Waals surface area contributed by atoms with Crippen molar-refractivity contribution >= 4 is 28.4 Å². The lowest BCUT2D eigenvalue weighted by molar-refractivity contribution is -0.136. The highest BCUT2D eigenvalue weighted by atomic mass is 16.5. The van der Waals surface area contributed by atoms with Crippen LogP contribution in [0.15, 0.2) is 48.7 Å². The predicted molar refractivity (Wildman–Crippen MR) is 141 cm³/mol. The molecule has 10 nitrogen and oxygen atoms in total. The fraction of sp³-hybridized carbons (Fsp3) is 0.481. The number of aromatic nitrogens is 3. The van der Waals surface area contributed by atoms with Gasteiger partial charge in [-0.25, -0.2) is 9.48 Å². The van der Waals surface area contributed by atoms with Crippen molar-refractivity contribution in [3.63, 3.8) is 0 Å². The summed E-state index contributed by atoms with van der Waals surface area (Å²) in [5, 5.41) is 22.9. The second-order valence-corrected chi connectivity index (χ2v) is 9.79. The Morgan fingerprint density at radius 1 is 1.27 bits per heavy atom. The highest BCUT2D eigenvalue weighted by molar-refractivity contribution is 6.01. The molecule has 3 atom stereocenters. The first-order valence-corrected chi connectivity index (χ1v) is 12.8. The Balaban J connectivity index is 1.52. The Kier molecular flexibility index (Phi) is 8.73. The third kappa shape index (κ3) is 6.44. The Morgan fingerprint density at radius 2 is 2.05 bits per heavy atom. The first-order valence-electron chi connectivity index (χ1n) is 12.8. The van der Waals surface area contributed by atoms with Crippen molar-refractivity contribution in [2.24, 2.45) is 5.92 Å². The summed E-state index contributed by atoms with van der Waals surface area (Å²) in [7, 11) is 1.73. The van der Waals surface area contributed by atoms with Crippen molar-refractivity contribution in [2.75, 3.05) is 32.1 Å². The Morgan fingerprint density at radius 3 is 2.86 bits per heavy atom. The summed E-state index contributed by atoms with van der Waals surface area (Å²) in [6.07, 6.45) is 2.28. The standard InChI is InChI=1S/C27H36N6O4/c1-19-15-32(20(2)17-34)26(35)12-7-13-33-22(14-28-30-33)18-37-25(19)16-31(3)27(36)29-24-11-6-9-21-8-4-5-10-23(21)24/h4-6,8-11,14,19-20,25,34H,7,12-13,15-18H2,1-3H3,(H,29,36)/t19-,20-,25+/m0/s1. The van der Waals surface area contributed by atoms with Crippen molar-refractivity contribution in [3.8, 4) is 0 Å². The highest BCUT2D eigenvalue weighted by Gasteiger charge is 2.29. The molecule has 4 rings (SSSR count). The molecule has 0 radical (unpaired) electrons. The van der Waals surface area contributed by atoms with Crippen molar-refractivity contribution in [1.82, 2.24) is 24.8 Å². The fourth-order valence-corrected chi connectivity index (χ4v) is 4.64. The second-order valence-electron chi connectivity index (χ2n) is 9.79. The average molecular weight is 509 g/mol. The van der Waals surface area contributed by atoms with E-state index in [1.54, 1.807) is 27.7 Å². The lowest BCUT2D eigenvalue weighted by Gasteiger charge is -2.35. The van der Waals surface area contributed by atoms with Gasteiger partial charge in [-0.05, 0) is 24.8 Å². The van der Waals surface area contributed by atoms with E-state index in [4.69, 9.17) is 4.74 Å². The molecule has 3 aromatic rings. The van der Waals surface area contributed by atoms with E-state index in [1.807, 2.05) is 56.3 Å². The van der Waals surface area contributed by atoms with Gasteiger partial charge in [-0.3, -0.25) is 4.79 Å². The van der Waals surface area contributed by atoms with Crippen molar-refractivity contribution in [2.45, 2.75) is 52.0 Å². The zero-order valence-corrected chi connectivity index (χ0v) is 21.7. The smallest absolute Gasteiger partial charge is 0.321 e. The third-order valence-electron chi connectivity index (χ3n) is 6.97. The van der Waals surface area contributed by atoms with Gasteiger partial charge in [0.05, 0.1) is 42.9 Å². The molecule has 1 aliphatic heterocycles. The second kappa shape index (κ2) is 12.2. The molecule has 2 N–H and O–H groups in total. The van der Waals surface area contributed by atoms with Gasteiger partial charge >= 0.3 is 6.03 Å². The quantitative estimate of drug-likeness (QED) is 0.548. The van der Waals surface area contributed by atoms with Gasteiger partial charge < -0.3 is 25.0 Å². The van der Waals surface area contributed by atoms with Crippen LogP contribution in [0, 0.1) is 5.92 Å². The number of ether oxygens (including phenoxy) is 1. The summed E-state index contributed by atoms with van der Waals surface area (Å²) in [6, 6.07) is 13.2. The van der Waals surface area contributed by atoms with E-state index in [1.165, 1.54) is 0 Å². The van der Waals surface area contributed by atoms with E-state index in [0.29, 0.717) is 39.1 Å². The molecular weight excluding hydrogens is 472 g/mol. The molecule has 1 aliphatic rings. The van der Waals surface area contributed by atoms with Crippen molar-refractivity contribution in [3.05, 3.63) is 54.4 Å². The number of carbonyl (C=O) groups excluding carboxylic acids is 2. The molecule has 0 spiro atoms. The summed E-state index contributed by atoms with van der Waals surface area (Å²) >= 11 is 0. The number of nitrogens with one attached hydrogen (secondary N) is 1. The summed E-state index contributed by atoms with van der Waals surface area (Å²) < 4.78 is 8.08. The molecule has 0 aliphatic carbocycles. The van der Waals surface area contributed by atoms with Crippen LogP contribution in [0.2, 0.25) is 0 Å². The number of rotatable bonds is 5. The van der Waals surface area contributed by atoms with Gasteiger partial charge in [0.25, 0.3) is 0 Å². The molecule has 0 saturated heterocycles. The largest absolute Gasteiger partial charge is 0.394 e. The fourth-order valence-electron chi connectivity index (χ4n) is 4.64. The van der Waals surface area contributed by atoms with Gasteiger partial charge in [0.1, 0.15) is 0 Å². The number of carbonyl (C=O) groups is 2. The summed E-state index contributed by atoms with van der Waals surface area (Å²) in [5.41, 5.74) is 1.57. The van der Waals surface area contributed by atoms with Gasteiger partial charge in [0.15, 0.2) is 0 Å². The maximum atomic E-state index is 13.2. The first kappa shape index (κ1) is 26.6. The number of hydrogen-bond donors (Lipinski definition) is 2. The van der Waals surface area contributed by atoms with Crippen LogP contribution in [0.5, 0.6) is 0 Å². The third-order valence-corrected chi connectivity index (χ3v) is 6.97. The van der Waals surface area contributed by atoms with E-state index < -0.39 is 0 Å². The van der Waals surface area contributed by atoms with Gasteiger partial charge in [-0.15, -0.1) is 5.10 Å². The van der Waals surface area contributed by atoms with Crippen LogP contribution in [0.4, 0.5) is 10.5 Å². The maximum absolute atomic E-state index is 13.2. The highest BCUT2D eigenvalue weighted by Crippen LogP contribution is 2.24. The molecule has 0 fully saturated rings. The molecule has 0 bridgehead atoms. The van der Waals surface area contributed by atoms with Crippen LogP contribution in [-0.4, -0.2) is 80.7 Å². The van der Waals surface area contributed by atoms with E-state index in [9.17, 15) is 14.7 Å². The maximum Gasteiger partial charge on any atom is 0.321 e. The minimum Gasteiger partial charge on any atom is -0.394 e. The number of nitrogens with zero attached hydrogens (tertiary/aromatic N) is 5. The molecular formula is C27H36N6O4. The van der Waals surface area contributed by atoms with E-state index >= 15 is 0 Å². The number of benzene rings is 2. The Bertz CT molecular complexity index is 1210. The van der Waals surface area contributed by atoms with E-state index in [-0.39, 0.29) is 36.6 Å². The number of aliphatic hydroxyl groups is 1. The normalized spacial score (nSPS) is 20.0. The number of hydrogen-bond acceptors (Lipinski definition) is 6. The number of aryl methyl sites for hydroxylation is 1. The molecule has 198 valence electrons. The van der Waals surface area contributed by atoms with E-state index in [0.717, 1.165) is 22.2 Å².